The zero-order valence-electron chi connectivity index (χ0n) is 20.2. The number of piperidine rings is 1. The summed E-state index contributed by atoms with van der Waals surface area (Å²) in [5.41, 5.74) is 3.08. The Labute approximate surface area is 208 Å². The molecule has 1 saturated heterocycles. The zero-order chi connectivity index (χ0) is 26.0. The van der Waals surface area contributed by atoms with Crippen molar-refractivity contribution >= 4 is 33.8 Å². The van der Waals surface area contributed by atoms with E-state index in [1.165, 1.54) is 4.31 Å². The molecule has 7 nitrogen and oxygen atoms in total. The molecule has 2 aromatic carbocycles. The van der Waals surface area contributed by atoms with E-state index in [9.17, 15) is 22.0 Å². The van der Waals surface area contributed by atoms with Crippen molar-refractivity contribution in [2.45, 2.75) is 38.5 Å². The van der Waals surface area contributed by atoms with Gasteiger partial charge in [-0.05, 0) is 62.9 Å². The molecule has 0 saturated carbocycles. The maximum absolute atomic E-state index is 14.0. The highest BCUT2D eigenvalue weighted by atomic mass is 32.2. The quantitative estimate of drug-likeness (QED) is 0.494. The lowest BCUT2D eigenvalue weighted by atomic mass is 9.98. The summed E-state index contributed by atoms with van der Waals surface area (Å²) < 4.78 is 60.9. The van der Waals surface area contributed by atoms with Gasteiger partial charge in [0.15, 0.2) is 10.7 Å². The van der Waals surface area contributed by atoms with Gasteiger partial charge in [0.25, 0.3) is 0 Å². The first-order valence-electron chi connectivity index (χ1n) is 11.5. The van der Waals surface area contributed by atoms with Crippen LogP contribution in [-0.2, 0) is 14.8 Å². The fraction of sp³-hybridized carbons (Fsp3) is 0.308. The number of nitrogens with zero attached hydrogens (tertiary/aromatic N) is 2. The van der Waals surface area contributed by atoms with E-state index in [-0.39, 0.29) is 35.1 Å². The molecule has 1 aromatic heterocycles. The molecule has 1 fully saturated rings. The third-order valence-electron chi connectivity index (χ3n) is 6.22. The molecule has 1 atom stereocenters. The summed E-state index contributed by atoms with van der Waals surface area (Å²) in [5.74, 6) is -2.78. The molecule has 1 aliphatic heterocycles. The van der Waals surface area contributed by atoms with E-state index in [1.54, 1.807) is 19.1 Å². The van der Waals surface area contributed by atoms with Crippen LogP contribution in [0.1, 0.15) is 41.0 Å². The number of nitrogens with one attached hydrogen (secondary N) is 1. The Morgan fingerprint density at radius 3 is 2.67 bits per heavy atom. The Kier molecular flexibility index (Phi) is 7.37. The lowest BCUT2D eigenvalue weighted by molar-refractivity contribution is -0.120. The molecule has 0 spiro atoms. The summed E-state index contributed by atoms with van der Waals surface area (Å²) >= 11 is 0. The molecule has 0 bridgehead atoms. The van der Waals surface area contributed by atoms with Gasteiger partial charge in [-0.2, -0.15) is 4.31 Å². The fourth-order valence-corrected chi connectivity index (χ4v) is 6.01. The Morgan fingerprint density at radius 2 is 1.92 bits per heavy atom. The van der Waals surface area contributed by atoms with Gasteiger partial charge in [-0.25, -0.2) is 17.2 Å². The van der Waals surface area contributed by atoms with Crippen LogP contribution in [0, 0.1) is 38.3 Å². The average Bonchev–Trinajstić information content (AvgIpc) is 3.22. The molecular formula is C26H27F2N3O4S. The lowest BCUT2D eigenvalue weighted by Gasteiger charge is -2.31. The largest absolute Gasteiger partial charge is 0.355 e. The van der Waals surface area contributed by atoms with Crippen molar-refractivity contribution < 1.29 is 26.5 Å². The summed E-state index contributed by atoms with van der Waals surface area (Å²) in [6.07, 6.45) is 4.25. The Hall–Kier alpha value is -3.37. The zero-order valence-corrected chi connectivity index (χ0v) is 21.0. The van der Waals surface area contributed by atoms with E-state index in [4.69, 9.17) is 4.52 Å². The van der Waals surface area contributed by atoms with Crippen LogP contribution in [0.5, 0.6) is 0 Å². The topological polar surface area (TPSA) is 92.5 Å². The molecule has 1 amide bonds. The number of carbonyl (C=O) groups is 1. The minimum absolute atomic E-state index is 0.0466. The van der Waals surface area contributed by atoms with Gasteiger partial charge in [0.05, 0.1) is 11.6 Å². The molecule has 0 radical (unpaired) electrons. The van der Waals surface area contributed by atoms with E-state index >= 15 is 0 Å². The number of anilines is 1. The number of aromatic nitrogens is 1. The highest BCUT2D eigenvalue weighted by Crippen LogP contribution is 2.30. The number of sulfonamides is 1. The van der Waals surface area contributed by atoms with Crippen LogP contribution in [0.15, 0.2) is 45.8 Å². The average molecular weight is 516 g/mol. The van der Waals surface area contributed by atoms with Crippen LogP contribution in [0.4, 0.5) is 14.5 Å². The highest BCUT2D eigenvalue weighted by Gasteiger charge is 2.37. The summed E-state index contributed by atoms with van der Waals surface area (Å²) in [5, 5.41) is 6.31. The van der Waals surface area contributed by atoms with Gasteiger partial charge in [0, 0.05) is 19.2 Å². The molecule has 190 valence electrons. The molecule has 0 unspecified atom stereocenters. The van der Waals surface area contributed by atoms with Crippen LogP contribution >= 0.6 is 0 Å². The van der Waals surface area contributed by atoms with Crippen molar-refractivity contribution in [2.24, 2.45) is 5.92 Å². The van der Waals surface area contributed by atoms with E-state index in [0.717, 1.165) is 28.8 Å². The van der Waals surface area contributed by atoms with Crippen LogP contribution in [0.3, 0.4) is 0 Å². The number of hydrogen-bond donors (Lipinski definition) is 1. The SMILES string of the molecule is Cc1ccc(C)c(/C=C/c2onc(C)c2S(=O)(=O)N2CCC[C@@H](C(=O)Nc3ccc(F)cc3F)C2)c1. The van der Waals surface area contributed by atoms with Gasteiger partial charge in [0.1, 0.15) is 17.3 Å². The molecule has 4 rings (SSSR count). The second-order valence-electron chi connectivity index (χ2n) is 8.97. The van der Waals surface area contributed by atoms with Crippen molar-refractivity contribution in [1.82, 2.24) is 9.46 Å². The highest BCUT2D eigenvalue weighted by molar-refractivity contribution is 7.89. The van der Waals surface area contributed by atoms with Gasteiger partial charge < -0.3 is 9.84 Å². The molecule has 1 N–H and O–H groups in total. The third kappa shape index (κ3) is 5.39. The number of carbonyl (C=O) groups excluding carboxylic acids is 1. The number of rotatable bonds is 6. The molecule has 3 aromatic rings. The fourth-order valence-electron chi connectivity index (χ4n) is 4.23. The second kappa shape index (κ2) is 10.3. The van der Waals surface area contributed by atoms with Crippen LogP contribution < -0.4 is 5.32 Å². The summed E-state index contributed by atoms with van der Waals surface area (Å²) in [6.45, 7) is 5.62. The Morgan fingerprint density at radius 1 is 1.14 bits per heavy atom. The summed E-state index contributed by atoms with van der Waals surface area (Å²) in [7, 11) is -4.03. The first-order valence-corrected chi connectivity index (χ1v) is 13.0. The van der Waals surface area contributed by atoms with E-state index in [2.05, 4.69) is 10.5 Å². The first-order chi connectivity index (χ1) is 17.1. The van der Waals surface area contributed by atoms with E-state index in [1.807, 2.05) is 32.0 Å². The van der Waals surface area contributed by atoms with Crippen LogP contribution in [0.25, 0.3) is 12.2 Å². The summed E-state index contributed by atoms with van der Waals surface area (Å²) in [6, 6.07) is 8.81. The standard InChI is InChI=1S/C26H27F2N3O4S/c1-16-6-7-17(2)19(13-16)8-11-24-25(18(3)30-35-24)36(33,34)31-12-4-5-20(15-31)26(32)29-23-10-9-21(27)14-22(23)28/h6-11,13-14,20H,4-5,12,15H2,1-3H3,(H,29,32)/b11-8+/t20-/m1/s1. The normalized spacial score (nSPS) is 17.0. The molecule has 1 aliphatic rings. The first kappa shape index (κ1) is 25.7. The van der Waals surface area contributed by atoms with E-state index in [0.29, 0.717) is 18.9 Å². The van der Waals surface area contributed by atoms with Gasteiger partial charge in [-0.1, -0.05) is 35.0 Å². The number of benzene rings is 2. The maximum Gasteiger partial charge on any atom is 0.248 e. The molecule has 2 heterocycles. The molecule has 10 heteroatoms. The van der Waals surface area contributed by atoms with Crippen molar-refractivity contribution in [3.8, 4) is 0 Å². The number of halogens is 2. The van der Waals surface area contributed by atoms with Crippen LogP contribution in [-0.4, -0.2) is 36.9 Å². The summed E-state index contributed by atoms with van der Waals surface area (Å²) in [4.78, 5) is 12.7. The second-order valence-corrected chi connectivity index (χ2v) is 10.8. The van der Waals surface area contributed by atoms with Crippen molar-refractivity contribution in [3.63, 3.8) is 0 Å². The van der Waals surface area contributed by atoms with Crippen molar-refractivity contribution in [2.75, 3.05) is 18.4 Å². The third-order valence-corrected chi connectivity index (χ3v) is 8.25. The van der Waals surface area contributed by atoms with Gasteiger partial charge in [-0.15, -0.1) is 0 Å². The predicted molar refractivity (Wildman–Crippen MR) is 133 cm³/mol. The maximum atomic E-state index is 14.0. The predicted octanol–water partition coefficient (Wildman–Crippen LogP) is 5.09. The van der Waals surface area contributed by atoms with E-state index < -0.39 is 33.5 Å². The van der Waals surface area contributed by atoms with Crippen molar-refractivity contribution in [1.29, 1.82) is 0 Å². The van der Waals surface area contributed by atoms with Gasteiger partial charge in [-0.3, -0.25) is 4.79 Å². The van der Waals surface area contributed by atoms with Crippen LogP contribution in [0.2, 0.25) is 0 Å². The Bertz CT molecular complexity index is 1430. The lowest BCUT2D eigenvalue weighted by Crippen LogP contribution is -2.44. The minimum Gasteiger partial charge on any atom is -0.355 e. The number of hydrogen-bond acceptors (Lipinski definition) is 5. The molecule has 36 heavy (non-hydrogen) atoms. The smallest absolute Gasteiger partial charge is 0.248 e. The number of aryl methyl sites for hydroxylation is 3. The number of amides is 1. The minimum atomic E-state index is -4.03. The Balaban J connectivity index is 1.55. The van der Waals surface area contributed by atoms with Gasteiger partial charge in [0.2, 0.25) is 15.9 Å². The molecular weight excluding hydrogens is 488 g/mol. The molecule has 0 aliphatic carbocycles. The van der Waals surface area contributed by atoms with Crippen molar-refractivity contribution in [3.05, 3.63) is 76.2 Å². The van der Waals surface area contributed by atoms with Gasteiger partial charge >= 0.3 is 0 Å². The monoisotopic (exact) mass is 515 g/mol.